The van der Waals surface area contributed by atoms with Crippen molar-refractivity contribution in [2.24, 2.45) is 0 Å². The molecule has 0 unspecified atom stereocenters. The van der Waals surface area contributed by atoms with Crippen molar-refractivity contribution < 1.29 is 33.5 Å². The van der Waals surface area contributed by atoms with Gasteiger partial charge in [-0.3, -0.25) is 10.1 Å². The monoisotopic (exact) mass is 542 g/mol. The van der Waals surface area contributed by atoms with Gasteiger partial charge in [0.1, 0.15) is 11.4 Å². The van der Waals surface area contributed by atoms with Crippen molar-refractivity contribution in [3.63, 3.8) is 0 Å². The summed E-state index contributed by atoms with van der Waals surface area (Å²) >= 11 is 1.30. The molecule has 1 saturated heterocycles. The molecule has 13 heteroatoms. The Labute approximate surface area is 222 Å². The summed E-state index contributed by atoms with van der Waals surface area (Å²) in [6.07, 6.45) is -1.49. The summed E-state index contributed by atoms with van der Waals surface area (Å²) in [6.45, 7) is 5.37. The Morgan fingerprint density at radius 2 is 1.79 bits per heavy atom. The number of nitrogens with one attached hydrogen (secondary N) is 1. The van der Waals surface area contributed by atoms with Gasteiger partial charge in [-0.15, -0.1) is 5.10 Å². The van der Waals surface area contributed by atoms with E-state index in [1.165, 1.54) is 35.8 Å². The Kier molecular flexibility index (Phi) is 8.17. The fraction of sp³-hybridized carbons (Fsp3) is 0.360. The van der Waals surface area contributed by atoms with Crippen molar-refractivity contribution in [2.75, 3.05) is 6.54 Å². The van der Waals surface area contributed by atoms with Crippen LogP contribution in [0.5, 0.6) is 5.75 Å². The smallest absolute Gasteiger partial charge is 0.429 e. The summed E-state index contributed by atoms with van der Waals surface area (Å²) in [7, 11) is 0. The Morgan fingerprint density at radius 1 is 1.08 bits per heavy atom. The first-order chi connectivity index (χ1) is 18.1. The third kappa shape index (κ3) is 7.23. The first-order valence-corrected chi connectivity index (χ1v) is 12.5. The Morgan fingerprint density at radius 3 is 2.39 bits per heavy atom. The van der Waals surface area contributed by atoms with Crippen LogP contribution in [0.4, 0.5) is 15.3 Å². The van der Waals surface area contributed by atoms with Crippen molar-refractivity contribution >= 4 is 29.5 Å². The fourth-order valence-electron chi connectivity index (χ4n) is 3.83. The van der Waals surface area contributed by atoms with Crippen LogP contribution >= 0.6 is 11.5 Å². The standard InChI is InChI=1S/C25H26N4O8S/c1-25(2,3)37-24(31)35-20-13-26-19(12-15-4-6-16(7-5-15)21-14-27-28-38-21)22(20)36-23(30)34-18-10-8-17(9-11-18)29(32)33/h4-11,14,19-20,22,26H,12-13H2,1-3H3/t19-,20+,22+/m1/s1. The average Bonchev–Trinajstić information content (AvgIpc) is 3.50. The number of non-ortho nitro benzene ring substituents is 1. The van der Waals surface area contributed by atoms with E-state index in [9.17, 15) is 19.7 Å². The molecule has 1 N–H and O–H groups in total. The van der Waals surface area contributed by atoms with Gasteiger partial charge in [0.2, 0.25) is 0 Å². The van der Waals surface area contributed by atoms with Crippen LogP contribution in [0.25, 0.3) is 10.4 Å². The zero-order chi connectivity index (χ0) is 27.3. The third-order valence-corrected chi connectivity index (χ3v) is 6.23. The molecule has 2 heterocycles. The lowest BCUT2D eigenvalue weighted by molar-refractivity contribution is -0.384. The number of carbonyl (C=O) groups excluding carboxylic acids is 2. The van der Waals surface area contributed by atoms with Crippen molar-refractivity contribution in [1.82, 2.24) is 14.9 Å². The normalized spacial score (nSPS) is 19.0. The van der Waals surface area contributed by atoms with Crippen molar-refractivity contribution in [3.05, 3.63) is 70.4 Å². The molecule has 1 aliphatic heterocycles. The van der Waals surface area contributed by atoms with Gasteiger partial charge >= 0.3 is 12.3 Å². The van der Waals surface area contributed by atoms with Gasteiger partial charge in [0, 0.05) is 18.7 Å². The van der Waals surface area contributed by atoms with Crippen LogP contribution in [-0.2, 0) is 20.6 Å². The second kappa shape index (κ2) is 11.5. The average molecular weight is 543 g/mol. The number of nitro groups is 1. The maximum atomic E-state index is 12.6. The van der Waals surface area contributed by atoms with E-state index in [0.717, 1.165) is 16.0 Å². The number of aromatic nitrogens is 2. The molecule has 0 spiro atoms. The lowest BCUT2D eigenvalue weighted by Gasteiger charge is -2.25. The van der Waals surface area contributed by atoms with Gasteiger partial charge in [-0.2, -0.15) is 0 Å². The molecule has 1 fully saturated rings. The van der Waals surface area contributed by atoms with Gasteiger partial charge in [-0.05, 0) is 62.0 Å². The van der Waals surface area contributed by atoms with Crippen LogP contribution in [0.15, 0.2) is 54.7 Å². The molecule has 38 heavy (non-hydrogen) atoms. The van der Waals surface area contributed by atoms with Gasteiger partial charge in [-0.25, -0.2) is 9.59 Å². The number of hydrogen-bond donors (Lipinski definition) is 1. The minimum Gasteiger partial charge on any atom is -0.429 e. The van der Waals surface area contributed by atoms with Crippen LogP contribution in [0.3, 0.4) is 0 Å². The summed E-state index contributed by atoms with van der Waals surface area (Å²) in [5.41, 5.74) is 1.03. The van der Waals surface area contributed by atoms with Gasteiger partial charge in [0.05, 0.1) is 22.0 Å². The van der Waals surface area contributed by atoms with Crippen molar-refractivity contribution in [3.8, 4) is 16.2 Å². The molecule has 12 nitrogen and oxygen atoms in total. The van der Waals surface area contributed by atoms with Crippen LogP contribution < -0.4 is 10.1 Å². The van der Waals surface area contributed by atoms with Crippen LogP contribution in [0.2, 0.25) is 0 Å². The molecule has 0 saturated carbocycles. The van der Waals surface area contributed by atoms with Gasteiger partial charge in [-0.1, -0.05) is 28.8 Å². The Hall–Kier alpha value is -4.10. The highest BCUT2D eigenvalue weighted by Gasteiger charge is 2.42. The second-order valence-electron chi connectivity index (χ2n) is 9.50. The molecular weight excluding hydrogens is 516 g/mol. The summed E-state index contributed by atoms with van der Waals surface area (Å²) in [5, 5.41) is 17.9. The molecule has 3 aromatic rings. The highest BCUT2D eigenvalue weighted by molar-refractivity contribution is 7.09. The summed E-state index contributed by atoms with van der Waals surface area (Å²) in [4.78, 5) is 36.2. The molecule has 4 rings (SSSR count). The molecule has 0 aliphatic carbocycles. The number of hydrogen-bond acceptors (Lipinski definition) is 12. The lowest BCUT2D eigenvalue weighted by Crippen LogP contribution is -2.41. The predicted molar refractivity (Wildman–Crippen MR) is 136 cm³/mol. The Balaban J connectivity index is 1.46. The van der Waals surface area contributed by atoms with E-state index in [4.69, 9.17) is 18.9 Å². The molecule has 3 atom stereocenters. The van der Waals surface area contributed by atoms with Crippen LogP contribution in [-0.4, -0.2) is 57.2 Å². The largest absolute Gasteiger partial charge is 0.514 e. The van der Waals surface area contributed by atoms with Crippen LogP contribution in [0.1, 0.15) is 26.3 Å². The molecule has 0 amide bonds. The maximum Gasteiger partial charge on any atom is 0.514 e. The SMILES string of the molecule is CC(C)(C)OC(=O)O[C@H]1CN[C@H](Cc2ccc(-c3cnns3)cc2)[C@@H]1OC(=O)Oc1ccc([N+](=O)[O-])cc1. The van der Waals surface area contributed by atoms with Gasteiger partial charge < -0.3 is 24.3 Å². The maximum absolute atomic E-state index is 12.6. The number of nitrogens with zero attached hydrogens (tertiary/aromatic N) is 3. The highest BCUT2D eigenvalue weighted by Crippen LogP contribution is 2.26. The lowest BCUT2D eigenvalue weighted by atomic mass is 10.0. The third-order valence-electron chi connectivity index (χ3n) is 5.52. The fourth-order valence-corrected chi connectivity index (χ4v) is 4.35. The van der Waals surface area contributed by atoms with Gasteiger partial charge in [0.15, 0.2) is 12.2 Å². The highest BCUT2D eigenvalue weighted by atomic mass is 32.1. The second-order valence-corrected chi connectivity index (χ2v) is 10.3. The van der Waals surface area contributed by atoms with E-state index in [1.54, 1.807) is 27.0 Å². The van der Waals surface area contributed by atoms with Crippen molar-refractivity contribution in [2.45, 2.75) is 51.0 Å². The van der Waals surface area contributed by atoms with E-state index in [0.29, 0.717) is 6.42 Å². The van der Waals surface area contributed by atoms with E-state index >= 15 is 0 Å². The molecule has 0 bridgehead atoms. The number of benzene rings is 2. The van der Waals surface area contributed by atoms with Crippen molar-refractivity contribution in [1.29, 1.82) is 0 Å². The summed E-state index contributed by atoms with van der Waals surface area (Å²) in [5.74, 6) is 0.0702. The number of nitro benzene ring substituents is 1. The van der Waals surface area contributed by atoms with E-state index in [-0.39, 0.29) is 18.0 Å². The zero-order valence-corrected chi connectivity index (χ0v) is 21.7. The zero-order valence-electron chi connectivity index (χ0n) is 20.9. The van der Waals surface area contributed by atoms with Crippen LogP contribution in [0, 0.1) is 10.1 Å². The number of carbonyl (C=O) groups is 2. The first kappa shape index (κ1) is 26.9. The minimum absolute atomic E-state index is 0.0702. The van der Waals surface area contributed by atoms with E-state index < -0.39 is 41.1 Å². The van der Waals surface area contributed by atoms with E-state index in [1.807, 2.05) is 24.3 Å². The molecule has 1 aliphatic rings. The van der Waals surface area contributed by atoms with Gasteiger partial charge in [0.25, 0.3) is 5.69 Å². The molecule has 1 aromatic heterocycles. The molecule has 0 radical (unpaired) electrons. The number of rotatable bonds is 7. The topological polar surface area (TPSA) is 152 Å². The number of ether oxygens (including phenoxy) is 4. The summed E-state index contributed by atoms with van der Waals surface area (Å²) in [6, 6.07) is 12.4. The first-order valence-electron chi connectivity index (χ1n) is 11.7. The Bertz CT molecular complexity index is 1260. The molecular formula is C25H26N4O8S. The summed E-state index contributed by atoms with van der Waals surface area (Å²) < 4.78 is 25.4. The quantitative estimate of drug-likeness (QED) is 0.194. The predicted octanol–water partition coefficient (Wildman–Crippen LogP) is 4.53. The minimum atomic E-state index is -1.04. The van der Waals surface area contributed by atoms with E-state index in [2.05, 4.69) is 14.9 Å². The molecule has 2 aromatic carbocycles. The molecule has 200 valence electrons.